The van der Waals surface area contributed by atoms with Gasteiger partial charge < -0.3 is 34.0 Å². The molecule has 3 aromatic carbocycles. The summed E-state index contributed by atoms with van der Waals surface area (Å²) in [5, 5.41) is 3.15. The van der Waals surface area contributed by atoms with Crippen molar-refractivity contribution >= 4 is 35.1 Å². The van der Waals surface area contributed by atoms with E-state index in [4.69, 9.17) is 23.7 Å². The number of carbonyl (C=O) groups is 4. The predicted molar refractivity (Wildman–Crippen MR) is 150 cm³/mol. The molecule has 0 aliphatic heterocycles. The Morgan fingerprint density at radius 1 is 0.810 bits per heavy atom. The highest BCUT2D eigenvalue weighted by molar-refractivity contribution is 5.88. The fourth-order valence-corrected chi connectivity index (χ4v) is 3.99. The fourth-order valence-electron chi connectivity index (χ4n) is 3.99. The van der Waals surface area contributed by atoms with Crippen LogP contribution in [0, 0.1) is 0 Å². The quantitative estimate of drug-likeness (QED) is 0.138. The molecule has 218 valence electrons. The summed E-state index contributed by atoms with van der Waals surface area (Å²) in [6, 6.07) is 21.9. The van der Waals surface area contributed by atoms with E-state index < -0.39 is 36.8 Å². The summed E-state index contributed by atoms with van der Waals surface area (Å²) >= 11 is 0. The van der Waals surface area contributed by atoms with Gasteiger partial charge in [0.25, 0.3) is 0 Å². The van der Waals surface area contributed by atoms with E-state index in [1.807, 2.05) is 48.5 Å². The van der Waals surface area contributed by atoms with Gasteiger partial charge in [-0.25, -0.2) is 19.2 Å². The molecule has 0 radical (unpaired) electrons. The lowest BCUT2D eigenvalue weighted by molar-refractivity contribution is -0.159. The van der Waals surface area contributed by atoms with Gasteiger partial charge in [0.15, 0.2) is 6.61 Å². The van der Waals surface area contributed by atoms with E-state index in [2.05, 4.69) is 10.3 Å². The van der Waals surface area contributed by atoms with E-state index in [1.54, 1.807) is 43.5 Å². The molecule has 1 aromatic heterocycles. The van der Waals surface area contributed by atoms with Gasteiger partial charge in [-0.2, -0.15) is 0 Å². The predicted octanol–water partition coefficient (Wildman–Crippen LogP) is 4.83. The molecule has 1 heterocycles. The van der Waals surface area contributed by atoms with Crippen LogP contribution in [-0.4, -0.2) is 48.4 Å². The summed E-state index contributed by atoms with van der Waals surface area (Å²) in [6.45, 7) is 1.19. The van der Waals surface area contributed by atoms with Gasteiger partial charge in [0.1, 0.15) is 25.0 Å². The van der Waals surface area contributed by atoms with E-state index in [0.717, 1.165) is 11.1 Å². The van der Waals surface area contributed by atoms with Crippen LogP contribution in [0.15, 0.2) is 85.1 Å². The van der Waals surface area contributed by atoms with Crippen molar-refractivity contribution < 1.29 is 42.9 Å². The molecule has 2 N–H and O–H groups in total. The average Bonchev–Trinajstić information content (AvgIpc) is 3.40. The maximum absolute atomic E-state index is 12.9. The fraction of sp³-hybridized carbons (Fsp3) is 0.226. The van der Waals surface area contributed by atoms with Gasteiger partial charge in [-0.15, -0.1) is 0 Å². The molecule has 11 heteroatoms. The number of hydrogen-bond donors (Lipinski definition) is 2. The average molecular weight is 575 g/mol. The highest BCUT2D eigenvalue weighted by Gasteiger charge is 2.26. The maximum Gasteiger partial charge on any atom is 0.514 e. The molecular weight excluding hydrogens is 544 g/mol. The first-order valence-electron chi connectivity index (χ1n) is 13.2. The number of hydrogen-bond acceptors (Lipinski definition) is 9. The van der Waals surface area contributed by atoms with Crippen molar-refractivity contribution in [3.05, 3.63) is 102 Å². The summed E-state index contributed by atoms with van der Waals surface area (Å²) < 4.78 is 25.7. The van der Waals surface area contributed by atoms with Crippen molar-refractivity contribution in [3.8, 4) is 5.75 Å². The van der Waals surface area contributed by atoms with Gasteiger partial charge in [0, 0.05) is 23.5 Å². The van der Waals surface area contributed by atoms with Gasteiger partial charge in [0.2, 0.25) is 0 Å². The zero-order valence-corrected chi connectivity index (χ0v) is 22.9. The molecular formula is C31H30N2O9. The Morgan fingerprint density at radius 2 is 1.48 bits per heavy atom. The zero-order valence-electron chi connectivity index (χ0n) is 22.9. The summed E-state index contributed by atoms with van der Waals surface area (Å²) in [7, 11) is 0. The number of rotatable bonds is 12. The van der Waals surface area contributed by atoms with Crippen LogP contribution in [0.2, 0.25) is 0 Å². The second-order valence-corrected chi connectivity index (χ2v) is 9.02. The molecule has 4 aromatic rings. The minimum atomic E-state index is -1.21. The molecule has 0 aliphatic carbocycles. The van der Waals surface area contributed by atoms with Crippen molar-refractivity contribution in [3.63, 3.8) is 0 Å². The summed E-state index contributed by atoms with van der Waals surface area (Å²) in [5.41, 5.74) is 2.88. The third kappa shape index (κ3) is 8.85. The normalized spacial score (nSPS) is 11.3. The van der Waals surface area contributed by atoms with Gasteiger partial charge >= 0.3 is 24.2 Å². The van der Waals surface area contributed by atoms with E-state index in [-0.39, 0.29) is 32.0 Å². The molecule has 11 nitrogen and oxygen atoms in total. The Kier molecular flexibility index (Phi) is 10.5. The minimum Gasteiger partial charge on any atom is -0.463 e. The second kappa shape index (κ2) is 14.9. The molecule has 4 rings (SSSR count). The van der Waals surface area contributed by atoms with Crippen LogP contribution in [0.25, 0.3) is 10.9 Å². The first-order chi connectivity index (χ1) is 20.4. The number of nitrogens with one attached hydrogen (secondary N) is 2. The number of fused-ring (bicyclic) bond motifs is 1. The van der Waals surface area contributed by atoms with E-state index in [9.17, 15) is 19.2 Å². The smallest absolute Gasteiger partial charge is 0.463 e. The lowest BCUT2D eigenvalue weighted by Gasteiger charge is -2.17. The van der Waals surface area contributed by atoms with Crippen molar-refractivity contribution in [1.82, 2.24) is 10.3 Å². The molecule has 1 amide bonds. The minimum absolute atomic E-state index is 0.00851. The lowest BCUT2D eigenvalue weighted by atomic mass is 10.0. The molecule has 1 atom stereocenters. The van der Waals surface area contributed by atoms with Crippen LogP contribution in [0.3, 0.4) is 0 Å². The third-order valence-electron chi connectivity index (χ3n) is 5.99. The van der Waals surface area contributed by atoms with Crippen LogP contribution in [0.4, 0.5) is 9.59 Å². The van der Waals surface area contributed by atoms with Gasteiger partial charge in [-0.05, 0) is 41.8 Å². The first-order valence-corrected chi connectivity index (χ1v) is 13.2. The van der Waals surface area contributed by atoms with Crippen LogP contribution in [0.1, 0.15) is 23.6 Å². The SMILES string of the molecule is CCOC(=O)COC(=O)C(Cc1c[nH]c2ccc(OC(=O)OCc3ccccc3)cc12)NC(=O)OCc1ccccc1. The van der Waals surface area contributed by atoms with Gasteiger partial charge in [-0.1, -0.05) is 60.7 Å². The van der Waals surface area contributed by atoms with E-state index in [1.165, 1.54) is 0 Å². The second-order valence-electron chi connectivity index (χ2n) is 9.02. The number of amides is 1. The zero-order chi connectivity index (χ0) is 29.7. The number of alkyl carbamates (subject to hydrolysis) is 1. The molecule has 0 spiro atoms. The third-order valence-corrected chi connectivity index (χ3v) is 5.99. The van der Waals surface area contributed by atoms with Crippen molar-refractivity contribution in [2.75, 3.05) is 13.2 Å². The number of esters is 2. The van der Waals surface area contributed by atoms with Crippen LogP contribution >= 0.6 is 0 Å². The molecule has 0 bridgehead atoms. The Balaban J connectivity index is 1.44. The van der Waals surface area contributed by atoms with Crippen LogP contribution in [0.5, 0.6) is 5.75 Å². The monoisotopic (exact) mass is 574 g/mol. The van der Waals surface area contributed by atoms with Gasteiger partial charge in [-0.3, -0.25) is 0 Å². The van der Waals surface area contributed by atoms with E-state index >= 15 is 0 Å². The standard InChI is InChI=1S/C31H30N2O9/c1-2-38-28(34)20-39-29(35)27(33-30(36)40-18-21-9-5-3-6-10-21)15-23-17-32-26-14-13-24(16-25(23)26)42-31(37)41-19-22-11-7-4-8-12-22/h3-14,16-17,27,32H,2,15,18-20H2,1H3,(H,33,36). The Bertz CT molecular complexity index is 1500. The van der Waals surface area contributed by atoms with Crippen molar-refractivity contribution in [2.24, 2.45) is 0 Å². The molecule has 0 saturated carbocycles. The number of benzene rings is 3. The largest absolute Gasteiger partial charge is 0.514 e. The summed E-state index contributed by atoms with van der Waals surface area (Å²) in [4.78, 5) is 52.6. The highest BCUT2D eigenvalue weighted by Crippen LogP contribution is 2.25. The molecule has 0 saturated heterocycles. The molecule has 42 heavy (non-hydrogen) atoms. The maximum atomic E-state index is 12.9. The Hall–Kier alpha value is -5.32. The number of carbonyl (C=O) groups excluding carboxylic acids is 4. The molecule has 0 fully saturated rings. The number of ether oxygens (including phenoxy) is 5. The lowest BCUT2D eigenvalue weighted by Crippen LogP contribution is -2.44. The van der Waals surface area contributed by atoms with Crippen LogP contribution in [-0.2, 0) is 48.2 Å². The number of aromatic amines is 1. The Morgan fingerprint density at radius 3 is 2.14 bits per heavy atom. The number of aromatic nitrogens is 1. The van der Waals surface area contributed by atoms with E-state index in [0.29, 0.717) is 16.5 Å². The van der Waals surface area contributed by atoms with Crippen molar-refractivity contribution in [2.45, 2.75) is 32.6 Å². The van der Waals surface area contributed by atoms with Crippen molar-refractivity contribution in [1.29, 1.82) is 0 Å². The van der Waals surface area contributed by atoms with Gasteiger partial charge in [0.05, 0.1) is 6.61 Å². The Labute approximate surface area is 241 Å². The summed E-state index contributed by atoms with van der Waals surface area (Å²) in [6.07, 6.45) is -0.0880. The first kappa shape index (κ1) is 29.7. The highest BCUT2D eigenvalue weighted by atomic mass is 16.7. The number of H-pyrrole nitrogens is 1. The summed E-state index contributed by atoms with van der Waals surface area (Å²) in [5.74, 6) is -1.35. The topological polar surface area (TPSA) is 142 Å². The molecule has 1 unspecified atom stereocenters. The van der Waals surface area contributed by atoms with Crippen LogP contribution < -0.4 is 10.1 Å². The molecule has 0 aliphatic rings.